The summed E-state index contributed by atoms with van der Waals surface area (Å²) in [5.74, 6) is -0.910. The molecule has 1 atom stereocenters. The molecule has 1 aromatic heterocycles. The molecule has 1 aliphatic rings. The third-order valence-electron chi connectivity index (χ3n) is 5.57. The smallest absolute Gasteiger partial charge is 0.348 e. The van der Waals surface area contributed by atoms with E-state index in [1.807, 2.05) is 19.1 Å². The zero-order chi connectivity index (χ0) is 24.5. The van der Waals surface area contributed by atoms with E-state index in [0.29, 0.717) is 22.7 Å². The molecule has 0 bridgehead atoms. The van der Waals surface area contributed by atoms with Crippen molar-refractivity contribution in [2.45, 2.75) is 19.1 Å². The van der Waals surface area contributed by atoms with Crippen LogP contribution in [-0.4, -0.2) is 57.9 Å². The number of fused-ring (bicyclic) bond motifs is 1. The van der Waals surface area contributed by atoms with Crippen LogP contribution in [0.3, 0.4) is 0 Å². The first-order chi connectivity index (χ1) is 16.3. The molecule has 0 saturated carbocycles. The monoisotopic (exact) mass is 502 g/mol. The van der Waals surface area contributed by atoms with Gasteiger partial charge in [0.1, 0.15) is 15.8 Å². The first-order valence-electron chi connectivity index (χ1n) is 10.7. The fourth-order valence-corrected chi connectivity index (χ4v) is 6.93. The molecule has 0 spiro atoms. The summed E-state index contributed by atoms with van der Waals surface area (Å²) in [6.07, 6.45) is 0. The van der Waals surface area contributed by atoms with Crippen molar-refractivity contribution in [2.75, 3.05) is 26.9 Å². The second kappa shape index (κ2) is 9.85. The van der Waals surface area contributed by atoms with E-state index >= 15 is 0 Å². The SMILES string of the molecule is CCOC(=O)c1sc2ccc(N=C3C(=O)N(CCOC)S(O)(O)C3c3ccccc3)cc2c1C. The van der Waals surface area contributed by atoms with Gasteiger partial charge in [-0.05, 0) is 48.6 Å². The Morgan fingerprint density at radius 1 is 1.21 bits per heavy atom. The van der Waals surface area contributed by atoms with Gasteiger partial charge in [-0.2, -0.15) is 0 Å². The highest BCUT2D eigenvalue weighted by atomic mass is 32.3. The molecule has 1 amide bonds. The van der Waals surface area contributed by atoms with Gasteiger partial charge >= 0.3 is 5.97 Å². The second-order valence-corrected chi connectivity index (χ2v) is 10.8. The van der Waals surface area contributed by atoms with Gasteiger partial charge in [-0.15, -0.1) is 22.1 Å². The number of aryl methyl sites for hydroxylation is 1. The summed E-state index contributed by atoms with van der Waals surface area (Å²) in [6, 6.07) is 14.3. The minimum atomic E-state index is -3.52. The molecule has 1 saturated heterocycles. The lowest BCUT2D eigenvalue weighted by molar-refractivity contribution is -0.119. The van der Waals surface area contributed by atoms with Crippen molar-refractivity contribution in [3.8, 4) is 0 Å². The average Bonchev–Trinajstić information content (AvgIpc) is 3.24. The predicted molar refractivity (Wildman–Crippen MR) is 135 cm³/mol. The third kappa shape index (κ3) is 4.35. The first-order valence-corrected chi connectivity index (χ1v) is 13.1. The van der Waals surface area contributed by atoms with Gasteiger partial charge in [-0.25, -0.2) is 14.1 Å². The summed E-state index contributed by atoms with van der Waals surface area (Å²) in [4.78, 5) is 30.7. The van der Waals surface area contributed by atoms with Crippen LogP contribution in [0.1, 0.15) is 33.0 Å². The molecule has 1 aliphatic heterocycles. The van der Waals surface area contributed by atoms with Gasteiger partial charge in [0, 0.05) is 11.8 Å². The molecule has 0 aliphatic carbocycles. The van der Waals surface area contributed by atoms with E-state index in [9.17, 15) is 18.7 Å². The number of esters is 1. The van der Waals surface area contributed by atoms with Crippen molar-refractivity contribution in [3.05, 3.63) is 64.5 Å². The molecule has 34 heavy (non-hydrogen) atoms. The van der Waals surface area contributed by atoms with Crippen LogP contribution in [0.4, 0.5) is 5.69 Å². The topological polar surface area (TPSA) is 109 Å². The van der Waals surface area contributed by atoms with E-state index in [0.717, 1.165) is 20.0 Å². The normalized spacial score (nSPS) is 19.7. The van der Waals surface area contributed by atoms with Gasteiger partial charge in [-0.1, -0.05) is 30.3 Å². The second-order valence-electron chi connectivity index (χ2n) is 7.71. The summed E-state index contributed by atoms with van der Waals surface area (Å²) in [5.41, 5.74) is 1.91. The fraction of sp³-hybridized carbons (Fsp3) is 0.292. The lowest BCUT2D eigenvalue weighted by atomic mass is 10.1. The predicted octanol–water partition coefficient (Wildman–Crippen LogP) is 5.35. The van der Waals surface area contributed by atoms with Crippen LogP contribution in [0.25, 0.3) is 10.1 Å². The number of carbonyl (C=O) groups excluding carboxylic acids is 2. The number of amides is 1. The van der Waals surface area contributed by atoms with Gasteiger partial charge in [-0.3, -0.25) is 13.9 Å². The van der Waals surface area contributed by atoms with Crippen LogP contribution >= 0.6 is 22.1 Å². The highest BCUT2D eigenvalue weighted by molar-refractivity contribution is 8.24. The molecule has 0 radical (unpaired) electrons. The third-order valence-corrected chi connectivity index (χ3v) is 8.94. The number of ether oxygens (including phenoxy) is 2. The molecule has 1 fully saturated rings. The number of benzene rings is 2. The maximum atomic E-state index is 13.3. The van der Waals surface area contributed by atoms with Crippen molar-refractivity contribution in [3.63, 3.8) is 0 Å². The molecule has 4 rings (SSSR count). The summed E-state index contributed by atoms with van der Waals surface area (Å²) >= 11 is 1.34. The molecule has 180 valence electrons. The molecule has 2 heterocycles. The number of nitrogens with zero attached hydrogens (tertiary/aromatic N) is 2. The van der Waals surface area contributed by atoms with Gasteiger partial charge in [0.15, 0.2) is 0 Å². The molecule has 1 unspecified atom stereocenters. The first kappa shape index (κ1) is 24.4. The minimum absolute atomic E-state index is 0.0333. The van der Waals surface area contributed by atoms with E-state index in [1.165, 1.54) is 18.4 Å². The summed E-state index contributed by atoms with van der Waals surface area (Å²) in [6.45, 7) is 4.09. The van der Waals surface area contributed by atoms with Crippen molar-refractivity contribution in [1.82, 2.24) is 4.31 Å². The molecule has 2 N–H and O–H groups in total. The number of methoxy groups -OCH3 is 1. The average molecular weight is 503 g/mol. The van der Waals surface area contributed by atoms with Crippen LogP contribution in [0, 0.1) is 6.92 Å². The Balaban J connectivity index is 1.80. The van der Waals surface area contributed by atoms with Crippen molar-refractivity contribution >= 4 is 55.5 Å². The Bertz CT molecular complexity index is 1260. The molecule has 8 nitrogen and oxygen atoms in total. The van der Waals surface area contributed by atoms with Gasteiger partial charge < -0.3 is 9.47 Å². The number of hydrogen-bond acceptors (Lipinski definition) is 8. The number of aliphatic imine (C=N–C) groups is 1. The Labute approximate surface area is 203 Å². The van der Waals surface area contributed by atoms with E-state index in [2.05, 4.69) is 4.99 Å². The number of carbonyl (C=O) groups is 2. The van der Waals surface area contributed by atoms with Crippen molar-refractivity contribution < 1.29 is 28.2 Å². The quantitative estimate of drug-likeness (QED) is 0.421. The standard InChI is InChI=1S/C24H26N2O6S2/c1-4-32-24(28)21-15(2)18-14-17(10-11-19(18)33-21)25-20-22(16-8-6-5-7-9-16)34(29,30)26(23(20)27)12-13-31-3/h5-11,14,22,29-30H,4,12-13H2,1-3H3. The Kier molecular flexibility index (Phi) is 7.06. The highest BCUT2D eigenvalue weighted by Crippen LogP contribution is 2.62. The fourth-order valence-electron chi connectivity index (χ4n) is 3.93. The Morgan fingerprint density at radius 3 is 2.62 bits per heavy atom. The van der Waals surface area contributed by atoms with E-state index in [4.69, 9.17) is 9.47 Å². The summed E-state index contributed by atoms with van der Waals surface area (Å²) < 4.78 is 34.4. The zero-order valence-electron chi connectivity index (χ0n) is 19.1. The van der Waals surface area contributed by atoms with Crippen LogP contribution < -0.4 is 0 Å². The Hall–Kier alpha value is -2.76. The van der Waals surface area contributed by atoms with Crippen molar-refractivity contribution in [2.24, 2.45) is 4.99 Å². The molecule has 3 aromatic rings. The molecule has 10 heteroatoms. The van der Waals surface area contributed by atoms with Crippen LogP contribution in [0.5, 0.6) is 0 Å². The highest BCUT2D eigenvalue weighted by Gasteiger charge is 2.50. The van der Waals surface area contributed by atoms with Gasteiger partial charge in [0.05, 0.1) is 25.4 Å². The Morgan fingerprint density at radius 2 is 1.94 bits per heavy atom. The van der Waals surface area contributed by atoms with Crippen LogP contribution in [-0.2, 0) is 14.3 Å². The van der Waals surface area contributed by atoms with E-state index < -0.39 is 21.9 Å². The summed E-state index contributed by atoms with van der Waals surface area (Å²) in [5, 5.41) is -0.160. The maximum absolute atomic E-state index is 13.3. The number of thiophene rings is 1. The molecule has 2 aromatic carbocycles. The minimum Gasteiger partial charge on any atom is -0.462 e. The number of hydrogen-bond donors (Lipinski definition) is 2. The van der Waals surface area contributed by atoms with E-state index in [-0.39, 0.29) is 24.8 Å². The van der Waals surface area contributed by atoms with Crippen molar-refractivity contribution in [1.29, 1.82) is 0 Å². The lowest BCUT2D eigenvalue weighted by Crippen LogP contribution is -2.31. The van der Waals surface area contributed by atoms with Gasteiger partial charge in [0.2, 0.25) is 0 Å². The van der Waals surface area contributed by atoms with Gasteiger partial charge in [0.25, 0.3) is 5.91 Å². The summed E-state index contributed by atoms with van der Waals surface area (Å²) in [7, 11) is -2.04. The molecular formula is C24H26N2O6S2. The lowest BCUT2D eigenvalue weighted by Gasteiger charge is -2.40. The van der Waals surface area contributed by atoms with Crippen LogP contribution in [0.2, 0.25) is 0 Å². The zero-order valence-corrected chi connectivity index (χ0v) is 20.7. The largest absolute Gasteiger partial charge is 0.462 e. The van der Waals surface area contributed by atoms with E-state index in [1.54, 1.807) is 43.3 Å². The molecular weight excluding hydrogens is 476 g/mol. The maximum Gasteiger partial charge on any atom is 0.348 e. The van der Waals surface area contributed by atoms with Crippen LogP contribution in [0.15, 0.2) is 53.5 Å². The number of rotatable bonds is 7.